The average Bonchev–Trinajstić information content (AvgIpc) is 2.60. The second-order valence-electron chi connectivity index (χ2n) is 4.77. The van der Waals surface area contributed by atoms with E-state index in [9.17, 15) is 0 Å². The van der Waals surface area contributed by atoms with Crippen LogP contribution in [-0.2, 0) is 30.4 Å². The van der Waals surface area contributed by atoms with Gasteiger partial charge in [-0.1, -0.05) is 34.6 Å². The summed E-state index contributed by atoms with van der Waals surface area (Å²) in [6.07, 6.45) is 0. The summed E-state index contributed by atoms with van der Waals surface area (Å²) in [6.45, 7) is 26.7. The zero-order valence-corrected chi connectivity index (χ0v) is 19.8. The predicted octanol–water partition coefficient (Wildman–Crippen LogP) is 2.20. The molecule has 132 valence electrons. The third-order valence-corrected chi connectivity index (χ3v) is 2.81. The van der Waals surface area contributed by atoms with Gasteiger partial charge in [-0.2, -0.15) is 0 Å². The Morgan fingerprint density at radius 1 is 0.652 bits per heavy atom. The Labute approximate surface area is 159 Å². The van der Waals surface area contributed by atoms with Crippen molar-refractivity contribution in [3.63, 3.8) is 0 Å². The van der Waals surface area contributed by atoms with Crippen molar-refractivity contribution in [1.29, 1.82) is 0 Å². The zero-order valence-electron chi connectivity index (χ0n) is 15.0. The molecule has 0 amide bonds. The van der Waals surface area contributed by atoms with E-state index in [4.69, 9.17) is 23.7 Å². The summed E-state index contributed by atoms with van der Waals surface area (Å²) in [6, 6.07) is 0. The Hall–Kier alpha value is 0.695. The molecule has 1 fully saturated rings. The molecule has 0 heterocycles. The molecule has 8 heteroatoms. The second-order valence-corrected chi connectivity index (χ2v) is 8.05. The monoisotopic (exact) mass is 530 g/mol. The second kappa shape index (κ2) is 22.7. The van der Waals surface area contributed by atoms with Gasteiger partial charge in [-0.05, 0) is 49.6 Å². The maximum Gasteiger partial charge on any atom is 0 e. The summed E-state index contributed by atoms with van der Waals surface area (Å²) >= 11 is 0. The van der Waals surface area contributed by atoms with E-state index in [0.29, 0.717) is 7.92 Å². The maximum absolute atomic E-state index is 7.50. The number of hydrogen-bond donors (Lipinski definition) is 3. The van der Waals surface area contributed by atoms with E-state index in [1.54, 1.807) is 0 Å². The fraction of sp³-hybridized carbons (Fsp3) is 0.533. The van der Waals surface area contributed by atoms with Crippen LogP contribution in [0.15, 0.2) is 0 Å². The van der Waals surface area contributed by atoms with Gasteiger partial charge in [0.15, 0.2) is 0 Å². The minimum absolute atomic E-state index is 0. The van der Waals surface area contributed by atoms with Crippen LogP contribution >= 0.6 is 7.92 Å². The van der Waals surface area contributed by atoms with Gasteiger partial charge in [0.05, 0.1) is 0 Å². The van der Waals surface area contributed by atoms with Gasteiger partial charge in [0.1, 0.15) is 0 Å². The molecule has 0 aliphatic heterocycles. The average molecular weight is 530 g/mol. The van der Waals surface area contributed by atoms with Crippen molar-refractivity contribution in [1.82, 2.24) is 0 Å². The molecule has 0 aromatic heterocycles. The Kier molecular flexibility index (Phi) is 34.5. The van der Waals surface area contributed by atoms with Gasteiger partial charge in [0.2, 0.25) is 0 Å². The van der Waals surface area contributed by atoms with E-state index >= 15 is 0 Å². The van der Waals surface area contributed by atoms with Gasteiger partial charge in [-0.15, -0.1) is 7.92 Å². The Morgan fingerprint density at radius 3 is 0.739 bits per heavy atom. The van der Waals surface area contributed by atoms with Gasteiger partial charge in [0, 0.05) is 21.1 Å². The van der Waals surface area contributed by atoms with Crippen molar-refractivity contribution in [3.05, 3.63) is 42.9 Å². The maximum atomic E-state index is 7.50. The summed E-state index contributed by atoms with van der Waals surface area (Å²) in [7, 11) is -2.50. The standard InChI is InChI=1S/C10H15.C3H9P.2CO.H3O3Si.W/c1-6-7(2)9(4)10(5)8(6)3;1-4(2)3;2*1-2;1-4(2)3;/h1-5H3;1-3H3;;;1-3H;. The van der Waals surface area contributed by atoms with Crippen molar-refractivity contribution in [2.75, 3.05) is 20.0 Å². The third-order valence-electron chi connectivity index (χ3n) is 2.81. The molecule has 1 aliphatic rings. The molecule has 1 aliphatic carbocycles. The fourth-order valence-electron chi connectivity index (χ4n) is 1.41. The SMILES string of the molecule is CP(C)C.C[C]1[C](C)[C](C)[C](C)[C]1C.O[Si](O)O.[C-]#[O+].[C-]#[O+].[W]. The van der Waals surface area contributed by atoms with E-state index in [0.717, 1.165) is 0 Å². The van der Waals surface area contributed by atoms with Crippen molar-refractivity contribution in [3.8, 4) is 0 Å². The summed E-state index contributed by atoms with van der Waals surface area (Å²) in [4.78, 5) is 21.8. The van der Waals surface area contributed by atoms with Gasteiger partial charge in [-0.25, -0.2) is 0 Å². The van der Waals surface area contributed by atoms with Crippen LogP contribution in [0.25, 0.3) is 0 Å². The zero-order chi connectivity index (χ0) is 19.0. The van der Waals surface area contributed by atoms with Crippen LogP contribution in [0.4, 0.5) is 0 Å². The van der Waals surface area contributed by atoms with E-state index in [1.807, 2.05) is 0 Å². The van der Waals surface area contributed by atoms with Crippen LogP contribution in [0.2, 0.25) is 0 Å². The van der Waals surface area contributed by atoms with Crippen LogP contribution in [-0.4, -0.2) is 43.9 Å². The first-order chi connectivity index (χ1) is 10.0. The summed E-state index contributed by atoms with van der Waals surface area (Å²) < 4.78 is 15.0. The Morgan fingerprint density at radius 2 is 0.696 bits per heavy atom. The number of hydrogen-bond acceptors (Lipinski definition) is 3. The smallest absolute Gasteiger partial charge is 0 e. The van der Waals surface area contributed by atoms with Crippen LogP contribution < -0.4 is 0 Å². The predicted molar refractivity (Wildman–Crippen MR) is 89.5 cm³/mol. The minimum atomic E-state index is -2.88. The van der Waals surface area contributed by atoms with Gasteiger partial charge in [0.25, 0.3) is 0 Å². The Balaban J connectivity index is -0.0000000708. The van der Waals surface area contributed by atoms with Crippen molar-refractivity contribution >= 4 is 17.4 Å². The van der Waals surface area contributed by atoms with Crippen molar-refractivity contribution in [2.24, 2.45) is 0 Å². The summed E-state index contributed by atoms with van der Waals surface area (Å²) in [5, 5.41) is 0. The van der Waals surface area contributed by atoms with Crippen LogP contribution in [0, 0.1) is 42.9 Å². The Bertz CT molecular complexity index is 215. The fourth-order valence-corrected chi connectivity index (χ4v) is 1.41. The molecule has 0 aromatic carbocycles. The molecule has 0 aromatic rings. The van der Waals surface area contributed by atoms with Crippen LogP contribution in [0.1, 0.15) is 34.6 Å². The summed E-state index contributed by atoms with van der Waals surface area (Å²) in [5.41, 5.74) is 0. The molecule has 23 heavy (non-hydrogen) atoms. The molecule has 0 spiro atoms. The van der Waals surface area contributed by atoms with Gasteiger partial charge < -0.3 is 14.4 Å². The van der Waals surface area contributed by atoms with E-state index < -0.39 is 9.53 Å². The number of rotatable bonds is 0. The van der Waals surface area contributed by atoms with E-state index in [2.05, 4.69) is 67.9 Å². The van der Waals surface area contributed by atoms with E-state index in [-0.39, 0.29) is 21.1 Å². The molecule has 1 rings (SSSR count). The minimum Gasteiger partial charge on any atom is 0 e. The van der Waals surface area contributed by atoms with Gasteiger partial charge >= 0.3 is 32.1 Å². The normalized spacial score (nSPS) is 15.7. The molecule has 0 saturated heterocycles. The summed E-state index contributed by atoms with van der Waals surface area (Å²) in [5.74, 6) is 7.34. The van der Waals surface area contributed by atoms with Crippen molar-refractivity contribution < 1.29 is 44.8 Å². The first-order valence-electron chi connectivity index (χ1n) is 6.17. The molecule has 5 nitrogen and oxygen atoms in total. The first kappa shape index (κ1) is 34.9. The molecule has 3 N–H and O–H groups in total. The third kappa shape index (κ3) is 22.7. The molecule has 0 bridgehead atoms. The topological polar surface area (TPSA) is 100 Å². The van der Waals surface area contributed by atoms with Crippen LogP contribution in [0.5, 0.6) is 0 Å². The van der Waals surface area contributed by atoms with Crippen LogP contribution in [0.3, 0.4) is 0 Å². The first-order valence-corrected chi connectivity index (χ1v) is 10.2. The molecule has 0 atom stereocenters. The molecular weight excluding hydrogens is 503 g/mol. The molecule has 0 unspecified atom stereocenters. The van der Waals surface area contributed by atoms with Gasteiger partial charge in [-0.3, -0.25) is 0 Å². The molecule has 1 saturated carbocycles. The van der Waals surface area contributed by atoms with Crippen molar-refractivity contribution in [2.45, 2.75) is 34.6 Å². The molecular formula is C15H27O5PSiW. The van der Waals surface area contributed by atoms with E-state index in [1.165, 1.54) is 29.6 Å². The largest absolute Gasteiger partial charge is 0 e. The molecule has 6 radical (unpaired) electrons. The quantitative estimate of drug-likeness (QED) is 0.194.